The van der Waals surface area contributed by atoms with Gasteiger partial charge in [0.1, 0.15) is 0 Å². The summed E-state index contributed by atoms with van der Waals surface area (Å²) in [6.07, 6.45) is 0.966. The van der Waals surface area contributed by atoms with Crippen molar-refractivity contribution in [3.05, 3.63) is 69.7 Å². The summed E-state index contributed by atoms with van der Waals surface area (Å²) >= 11 is 9.96. The molecule has 100 valence electrons. The lowest BCUT2D eigenvalue weighted by molar-refractivity contribution is 0.774. The molecule has 2 heteroatoms. The fraction of sp³-hybridized carbons (Fsp3) is 0.294. The van der Waals surface area contributed by atoms with Crippen molar-refractivity contribution in [2.24, 2.45) is 0 Å². The first-order valence-corrected chi connectivity index (χ1v) is 7.97. The number of benzene rings is 2. The SMILES string of the molecule is Cc1cccc(C(CBr)Cc2ccc(C)cc2Cl)c1. The van der Waals surface area contributed by atoms with E-state index in [0.29, 0.717) is 5.92 Å². The largest absolute Gasteiger partial charge is 0.0921 e. The second kappa shape index (κ2) is 6.58. The fourth-order valence-corrected chi connectivity index (χ4v) is 3.18. The average Bonchev–Trinajstić information content (AvgIpc) is 2.38. The lowest BCUT2D eigenvalue weighted by Crippen LogP contribution is -2.05. The first kappa shape index (κ1) is 14.6. The molecule has 0 saturated carbocycles. The monoisotopic (exact) mass is 336 g/mol. The second-order valence-corrected chi connectivity index (χ2v) is 6.12. The van der Waals surface area contributed by atoms with E-state index in [1.807, 2.05) is 6.07 Å². The van der Waals surface area contributed by atoms with Crippen molar-refractivity contribution in [1.29, 1.82) is 0 Å². The topological polar surface area (TPSA) is 0 Å². The van der Waals surface area contributed by atoms with Crippen LogP contribution in [0.25, 0.3) is 0 Å². The molecule has 0 nitrogen and oxygen atoms in total. The number of aryl methyl sites for hydroxylation is 2. The van der Waals surface area contributed by atoms with E-state index in [0.717, 1.165) is 16.8 Å². The highest BCUT2D eigenvalue weighted by atomic mass is 79.9. The first-order valence-electron chi connectivity index (χ1n) is 6.47. The molecule has 2 aromatic carbocycles. The van der Waals surface area contributed by atoms with E-state index in [1.54, 1.807) is 0 Å². The Balaban J connectivity index is 2.24. The molecule has 0 spiro atoms. The molecule has 0 radical (unpaired) electrons. The molecule has 0 aliphatic rings. The van der Waals surface area contributed by atoms with Gasteiger partial charge in [-0.2, -0.15) is 0 Å². The molecular formula is C17H18BrCl. The lowest BCUT2D eigenvalue weighted by Gasteiger charge is -2.16. The average molecular weight is 338 g/mol. The third-order valence-corrected chi connectivity index (χ3v) is 4.51. The molecule has 0 aliphatic carbocycles. The van der Waals surface area contributed by atoms with Crippen LogP contribution in [0.1, 0.15) is 28.2 Å². The summed E-state index contributed by atoms with van der Waals surface area (Å²) in [4.78, 5) is 0. The summed E-state index contributed by atoms with van der Waals surface area (Å²) in [5, 5.41) is 1.82. The Morgan fingerprint density at radius 1 is 1.05 bits per heavy atom. The van der Waals surface area contributed by atoms with E-state index in [2.05, 4.69) is 66.2 Å². The quantitative estimate of drug-likeness (QED) is 0.630. The maximum absolute atomic E-state index is 6.33. The molecule has 0 heterocycles. The summed E-state index contributed by atoms with van der Waals surface area (Å²) in [5.41, 5.74) is 5.10. The highest BCUT2D eigenvalue weighted by Crippen LogP contribution is 2.27. The van der Waals surface area contributed by atoms with E-state index in [-0.39, 0.29) is 0 Å². The van der Waals surface area contributed by atoms with Crippen molar-refractivity contribution < 1.29 is 0 Å². The summed E-state index contributed by atoms with van der Waals surface area (Å²) in [6, 6.07) is 15.0. The van der Waals surface area contributed by atoms with E-state index >= 15 is 0 Å². The van der Waals surface area contributed by atoms with Crippen LogP contribution < -0.4 is 0 Å². The van der Waals surface area contributed by atoms with E-state index < -0.39 is 0 Å². The van der Waals surface area contributed by atoms with Crippen LogP contribution >= 0.6 is 27.5 Å². The van der Waals surface area contributed by atoms with Crippen LogP contribution in [0.2, 0.25) is 5.02 Å². The molecule has 0 bridgehead atoms. The van der Waals surface area contributed by atoms with Gasteiger partial charge in [-0.25, -0.2) is 0 Å². The normalized spacial score (nSPS) is 12.4. The molecular weight excluding hydrogens is 320 g/mol. The Bertz CT molecular complexity index is 563. The number of halogens is 2. The molecule has 2 aromatic rings. The Morgan fingerprint density at radius 3 is 2.42 bits per heavy atom. The molecule has 0 aromatic heterocycles. The Morgan fingerprint density at radius 2 is 1.79 bits per heavy atom. The minimum absolute atomic E-state index is 0.458. The van der Waals surface area contributed by atoms with Crippen LogP contribution in [0.3, 0.4) is 0 Å². The van der Waals surface area contributed by atoms with Gasteiger partial charge in [-0.1, -0.05) is 69.5 Å². The minimum atomic E-state index is 0.458. The van der Waals surface area contributed by atoms with Crippen molar-refractivity contribution in [2.75, 3.05) is 5.33 Å². The van der Waals surface area contributed by atoms with Crippen LogP contribution in [0, 0.1) is 13.8 Å². The molecule has 0 saturated heterocycles. The first-order chi connectivity index (χ1) is 9.10. The van der Waals surface area contributed by atoms with Crippen molar-refractivity contribution in [3.63, 3.8) is 0 Å². The third-order valence-electron chi connectivity index (χ3n) is 3.37. The standard InChI is InChI=1S/C17H18BrCl/c1-12-4-3-5-14(8-12)16(11-18)10-15-7-6-13(2)9-17(15)19/h3-9,16H,10-11H2,1-2H3. The van der Waals surface area contributed by atoms with E-state index in [4.69, 9.17) is 11.6 Å². The van der Waals surface area contributed by atoms with Crippen molar-refractivity contribution in [1.82, 2.24) is 0 Å². The molecule has 0 fully saturated rings. The Kier molecular flexibility index (Phi) is 5.06. The lowest BCUT2D eigenvalue weighted by atomic mass is 9.92. The summed E-state index contributed by atoms with van der Waals surface area (Å²) in [6.45, 7) is 4.20. The molecule has 19 heavy (non-hydrogen) atoms. The molecule has 0 N–H and O–H groups in total. The highest BCUT2D eigenvalue weighted by Gasteiger charge is 2.13. The van der Waals surface area contributed by atoms with Gasteiger partial charge in [0.15, 0.2) is 0 Å². The molecule has 2 rings (SSSR count). The van der Waals surface area contributed by atoms with Crippen LogP contribution in [0.15, 0.2) is 42.5 Å². The zero-order chi connectivity index (χ0) is 13.8. The minimum Gasteiger partial charge on any atom is -0.0921 e. The molecule has 1 atom stereocenters. The predicted molar refractivity (Wildman–Crippen MR) is 87.6 cm³/mol. The second-order valence-electron chi connectivity index (χ2n) is 5.06. The van der Waals surface area contributed by atoms with Crippen LogP contribution in [-0.2, 0) is 6.42 Å². The maximum atomic E-state index is 6.33. The molecule has 0 amide bonds. The van der Waals surface area contributed by atoms with Crippen molar-refractivity contribution in [2.45, 2.75) is 26.2 Å². The highest BCUT2D eigenvalue weighted by molar-refractivity contribution is 9.09. The summed E-state index contributed by atoms with van der Waals surface area (Å²) < 4.78 is 0. The predicted octanol–water partition coefficient (Wildman–Crippen LogP) is 5.68. The zero-order valence-electron chi connectivity index (χ0n) is 11.3. The van der Waals surface area contributed by atoms with Gasteiger partial charge >= 0.3 is 0 Å². The molecule has 0 aliphatic heterocycles. The van der Waals surface area contributed by atoms with Crippen LogP contribution in [0.5, 0.6) is 0 Å². The van der Waals surface area contributed by atoms with Gasteiger partial charge in [-0.3, -0.25) is 0 Å². The number of hydrogen-bond acceptors (Lipinski definition) is 0. The summed E-state index contributed by atoms with van der Waals surface area (Å²) in [7, 11) is 0. The number of alkyl halides is 1. The Labute approximate surface area is 128 Å². The van der Waals surface area contributed by atoms with Crippen LogP contribution in [-0.4, -0.2) is 5.33 Å². The van der Waals surface area contributed by atoms with Gasteiger partial charge in [0.2, 0.25) is 0 Å². The zero-order valence-corrected chi connectivity index (χ0v) is 13.6. The van der Waals surface area contributed by atoms with E-state index in [1.165, 1.54) is 22.3 Å². The third kappa shape index (κ3) is 3.84. The number of rotatable bonds is 4. The molecule has 1 unspecified atom stereocenters. The Hall–Kier alpha value is -0.790. The number of hydrogen-bond donors (Lipinski definition) is 0. The van der Waals surface area contributed by atoms with Gasteiger partial charge in [-0.15, -0.1) is 0 Å². The fourth-order valence-electron chi connectivity index (χ4n) is 2.27. The maximum Gasteiger partial charge on any atom is 0.0440 e. The van der Waals surface area contributed by atoms with Gasteiger partial charge in [0, 0.05) is 10.4 Å². The van der Waals surface area contributed by atoms with Gasteiger partial charge in [-0.05, 0) is 48.9 Å². The van der Waals surface area contributed by atoms with Crippen molar-refractivity contribution >= 4 is 27.5 Å². The van der Waals surface area contributed by atoms with Gasteiger partial charge in [0.25, 0.3) is 0 Å². The summed E-state index contributed by atoms with van der Waals surface area (Å²) in [5.74, 6) is 0.458. The smallest absolute Gasteiger partial charge is 0.0440 e. The van der Waals surface area contributed by atoms with Crippen LogP contribution in [0.4, 0.5) is 0 Å². The van der Waals surface area contributed by atoms with Gasteiger partial charge < -0.3 is 0 Å². The van der Waals surface area contributed by atoms with Crippen molar-refractivity contribution in [3.8, 4) is 0 Å². The van der Waals surface area contributed by atoms with E-state index in [9.17, 15) is 0 Å². The van der Waals surface area contributed by atoms with Gasteiger partial charge in [0.05, 0.1) is 0 Å².